The summed E-state index contributed by atoms with van der Waals surface area (Å²) in [4.78, 5) is 1.76. The van der Waals surface area contributed by atoms with Gasteiger partial charge in [-0.3, -0.25) is 0 Å². The van der Waals surface area contributed by atoms with Crippen LogP contribution in [0.2, 0.25) is 0 Å². The van der Waals surface area contributed by atoms with Crippen LogP contribution in [-0.4, -0.2) is 60.9 Å². The summed E-state index contributed by atoms with van der Waals surface area (Å²) in [5, 5.41) is 8.33. The van der Waals surface area contributed by atoms with E-state index >= 15 is 0 Å². The number of anilines is 1. The molecule has 0 saturated heterocycles. The Morgan fingerprint density at radius 2 is 1.23 bits per heavy atom. The quantitative estimate of drug-likeness (QED) is 0.157. The highest BCUT2D eigenvalue weighted by Crippen LogP contribution is 2.49. The number of hydrogen-bond acceptors (Lipinski definition) is 4. The molecule has 0 aliphatic heterocycles. The Hall–Kier alpha value is -3.22. The minimum absolute atomic E-state index is 0.464. The highest BCUT2D eigenvalue weighted by molar-refractivity contribution is 5.52. The van der Waals surface area contributed by atoms with Crippen LogP contribution in [0, 0.1) is 0 Å². The smallest absolute Gasteiger partial charge is 0.372 e. The van der Waals surface area contributed by atoms with Crippen LogP contribution < -0.4 is 9.47 Å². The van der Waals surface area contributed by atoms with Crippen molar-refractivity contribution in [2.75, 3.05) is 18.0 Å². The zero-order valence-electron chi connectivity index (χ0n) is 20.1. The van der Waals surface area contributed by atoms with E-state index in [4.69, 9.17) is 0 Å². The topological polar surface area (TPSA) is 49.7 Å². The molecule has 0 aliphatic rings. The molecule has 0 fully saturated rings. The SMILES string of the molecule is CCN(CC)c1ccc(/N=N/c2n(C(C(F)F)(C(F)F)C(F)(F)F)nc[n+]2C(C(F)F)(C(F)F)C(F)(F)F)cc1. The van der Waals surface area contributed by atoms with Gasteiger partial charge in [0, 0.05) is 23.9 Å². The first-order valence-corrected chi connectivity index (χ1v) is 10.9. The Labute approximate surface area is 215 Å². The molecule has 2 aromatic rings. The van der Waals surface area contributed by atoms with Crippen molar-refractivity contribution in [1.82, 2.24) is 9.78 Å². The molecule has 20 heteroatoms. The van der Waals surface area contributed by atoms with Crippen LogP contribution in [0.1, 0.15) is 13.8 Å². The summed E-state index contributed by atoms with van der Waals surface area (Å²) in [6.45, 7) is 4.49. The third-order valence-corrected chi connectivity index (χ3v) is 5.91. The number of nitrogens with zero attached hydrogens (tertiary/aromatic N) is 6. The molecule has 1 heterocycles. The number of aromatic nitrogens is 3. The molecule has 0 radical (unpaired) electrons. The van der Waals surface area contributed by atoms with Crippen molar-refractivity contribution in [3.63, 3.8) is 0 Å². The van der Waals surface area contributed by atoms with Gasteiger partial charge in [0.15, 0.2) is 0 Å². The summed E-state index contributed by atoms with van der Waals surface area (Å²) in [6, 6.07) is 4.69. The normalized spacial score (nSPS) is 14.0. The molecule has 0 amide bonds. The maximum atomic E-state index is 13.7. The van der Waals surface area contributed by atoms with E-state index in [1.54, 1.807) is 18.7 Å². The molecule has 1 aromatic carbocycles. The number of azo groups is 1. The Bertz CT molecular complexity index is 1060. The largest absolute Gasteiger partial charge is 0.436 e. The number of halogens is 14. The standard InChI is InChI=1S/C20H19F14N6/c1-3-38(4-2)11-7-5-10(6-8-11)36-37-16-39(17(12(21)22,13(23)24)19(29,30)31)9-35-40(16)18(14(25)26,15(27)28)20(32,33)34/h5-9,12-15H,3-4H2,1-2H3/q+1. The molecule has 2 rings (SSSR count). The lowest BCUT2D eigenvalue weighted by molar-refractivity contribution is -0.804. The van der Waals surface area contributed by atoms with Crippen molar-refractivity contribution in [3.05, 3.63) is 30.6 Å². The second kappa shape index (κ2) is 11.7. The lowest BCUT2D eigenvalue weighted by Crippen LogP contribution is -2.72. The van der Waals surface area contributed by atoms with E-state index in [0.29, 0.717) is 18.8 Å². The second-order valence-corrected chi connectivity index (χ2v) is 7.95. The molecule has 0 saturated carbocycles. The third-order valence-electron chi connectivity index (χ3n) is 5.91. The fourth-order valence-electron chi connectivity index (χ4n) is 3.68. The zero-order chi connectivity index (χ0) is 30.8. The van der Waals surface area contributed by atoms with Gasteiger partial charge in [-0.15, -0.1) is 0 Å². The van der Waals surface area contributed by atoms with Crippen LogP contribution in [0.5, 0.6) is 0 Å². The molecule has 0 N–H and O–H groups in total. The van der Waals surface area contributed by atoms with E-state index in [1.165, 1.54) is 12.1 Å². The van der Waals surface area contributed by atoms with Crippen LogP contribution in [-0.2, 0) is 11.1 Å². The third kappa shape index (κ3) is 5.27. The summed E-state index contributed by atoms with van der Waals surface area (Å²) >= 11 is 0. The fraction of sp³-hybridized carbons (Fsp3) is 0.600. The van der Waals surface area contributed by atoms with Gasteiger partial charge in [-0.2, -0.15) is 30.9 Å². The number of hydrogen-bond donors (Lipinski definition) is 0. The second-order valence-electron chi connectivity index (χ2n) is 7.95. The molecule has 0 atom stereocenters. The van der Waals surface area contributed by atoms with E-state index in [2.05, 4.69) is 15.3 Å². The first-order valence-electron chi connectivity index (χ1n) is 10.9. The molecule has 1 aromatic heterocycles. The molecule has 226 valence electrons. The van der Waals surface area contributed by atoms with Crippen molar-refractivity contribution in [3.8, 4) is 0 Å². The van der Waals surface area contributed by atoms with E-state index in [-0.39, 0.29) is 0 Å². The van der Waals surface area contributed by atoms with Crippen molar-refractivity contribution < 1.29 is 66.0 Å². The van der Waals surface area contributed by atoms with Gasteiger partial charge >= 0.3 is 23.8 Å². The Morgan fingerprint density at radius 1 is 0.750 bits per heavy atom. The fourth-order valence-corrected chi connectivity index (χ4v) is 3.68. The van der Waals surface area contributed by atoms with Crippen LogP contribution in [0.4, 0.5) is 78.8 Å². The van der Waals surface area contributed by atoms with Crippen molar-refractivity contribution in [1.29, 1.82) is 0 Å². The van der Waals surface area contributed by atoms with E-state index in [0.717, 1.165) is 12.1 Å². The number of benzene rings is 1. The van der Waals surface area contributed by atoms with Gasteiger partial charge in [0.05, 0.1) is 5.69 Å². The van der Waals surface area contributed by atoms with Gasteiger partial charge in [-0.25, -0.2) is 35.1 Å². The van der Waals surface area contributed by atoms with Gasteiger partial charge in [-0.05, 0) is 43.2 Å². The minimum Gasteiger partial charge on any atom is -0.372 e. The molecular formula is C20H19F14N6+. The summed E-state index contributed by atoms with van der Waals surface area (Å²) in [7, 11) is 0. The molecule has 0 bridgehead atoms. The van der Waals surface area contributed by atoms with Gasteiger partial charge < -0.3 is 4.90 Å². The van der Waals surface area contributed by atoms with Crippen LogP contribution in [0.3, 0.4) is 0 Å². The molecule has 0 aliphatic carbocycles. The van der Waals surface area contributed by atoms with Gasteiger partial charge in [-0.1, -0.05) is 9.80 Å². The van der Waals surface area contributed by atoms with Gasteiger partial charge in [0.1, 0.15) is 0 Å². The lowest BCUT2D eigenvalue weighted by atomic mass is 9.99. The monoisotopic (exact) mass is 609 g/mol. The predicted molar refractivity (Wildman–Crippen MR) is 109 cm³/mol. The first-order chi connectivity index (χ1) is 18.3. The van der Waals surface area contributed by atoms with Crippen LogP contribution in [0.25, 0.3) is 0 Å². The van der Waals surface area contributed by atoms with E-state index in [9.17, 15) is 61.5 Å². The number of alkyl halides is 14. The van der Waals surface area contributed by atoms with Gasteiger partial charge in [0.2, 0.25) is 6.33 Å². The van der Waals surface area contributed by atoms with Crippen molar-refractivity contribution in [2.24, 2.45) is 10.2 Å². The molecular weight excluding hydrogens is 590 g/mol. The predicted octanol–water partition coefficient (Wildman–Crippen LogP) is 7.01. The Morgan fingerprint density at radius 3 is 1.57 bits per heavy atom. The molecule has 40 heavy (non-hydrogen) atoms. The van der Waals surface area contributed by atoms with Gasteiger partial charge in [0.25, 0.3) is 31.2 Å². The van der Waals surface area contributed by atoms with Crippen molar-refractivity contribution in [2.45, 2.75) is 63.0 Å². The minimum atomic E-state index is -6.73. The maximum absolute atomic E-state index is 13.7. The highest BCUT2D eigenvalue weighted by Gasteiger charge is 2.77. The first kappa shape index (κ1) is 33.0. The number of rotatable bonds is 11. The Balaban J connectivity index is 2.99. The molecule has 0 unspecified atom stereocenters. The summed E-state index contributed by atoms with van der Waals surface area (Å²) in [6.07, 6.45) is -35.0. The van der Waals surface area contributed by atoms with Crippen LogP contribution >= 0.6 is 0 Å². The van der Waals surface area contributed by atoms with E-state index in [1.807, 2.05) is 0 Å². The molecule has 6 nitrogen and oxygen atoms in total. The highest BCUT2D eigenvalue weighted by atomic mass is 19.4. The maximum Gasteiger partial charge on any atom is 0.436 e. The summed E-state index contributed by atoms with van der Waals surface area (Å²) in [5.74, 6) is -2.54. The average molecular weight is 609 g/mol. The zero-order valence-corrected chi connectivity index (χ0v) is 20.1. The Kier molecular flexibility index (Phi) is 9.66. The lowest BCUT2D eigenvalue weighted by Gasteiger charge is -2.33. The van der Waals surface area contributed by atoms with Crippen molar-refractivity contribution >= 4 is 17.3 Å². The van der Waals surface area contributed by atoms with E-state index < -0.39 is 76.3 Å². The summed E-state index contributed by atoms with van der Waals surface area (Å²) < 4.78 is 189. The molecule has 0 spiro atoms. The average Bonchev–Trinajstić information content (AvgIpc) is 3.20. The van der Waals surface area contributed by atoms with Crippen LogP contribution in [0.15, 0.2) is 40.8 Å². The summed E-state index contributed by atoms with van der Waals surface area (Å²) in [5.41, 5.74) is -11.5.